The van der Waals surface area contributed by atoms with Crippen LogP contribution in [0.5, 0.6) is 5.88 Å². The zero-order chi connectivity index (χ0) is 13.7. The maximum atomic E-state index is 11.5. The van der Waals surface area contributed by atoms with E-state index in [1.165, 1.54) is 6.07 Å². The monoisotopic (exact) mass is 256 g/mol. The van der Waals surface area contributed by atoms with Crippen molar-refractivity contribution in [3.63, 3.8) is 0 Å². The van der Waals surface area contributed by atoms with Crippen molar-refractivity contribution in [2.45, 2.75) is 26.8 Å². The molecule has 0 saturated carbocycles. The van der Waals surface area contributed by atoms with E-state index in [4.69, 9.17) is 14.4 Å². The van der Waals surface area contributed by atoms with Crippen LogP contribution >= 0.6 is 0 Å². The second kappa shape index (κ2) is 6.04. The molecular formula is C11H16N2O5. The number of aryl methyl sites for hydroxylation is 1. The van der Waals surface area contributed by atoms with Crippen molar-refractivity contribution < 1.29 is 24.0 Å². The van der Waals surface area contributed by atoms with Crippen LogP contribution in [0.3, 0.4) is 0 Å². The molecule has 2 N–H and O–H groups in total. The molecule has 1 atom stereocenters. The molecule has 0 unspecified atom stereocenters. The number of amides is 1. The molecule has 7 heteroatoms. The largest absolute Gasteiger partial charge is 0.480 e. The van der Waals surface area contributed by atoms with E-state index >= 15 is 0 Å². The molecule has 1 rings (SSSR count). The van der Waals surface area contributed by atoms with Crippen LogP contribution in [-0.2, 0) is 9.59 Å². The molecule has 1 heterocycles. The van der Waals surface area contributed by atoms with E-state index in [1.807, 2.05) is 0 Å². The molecule has 0 saturated heterocycles. The summed E-state index contributed by atoms with van der Waals surface area (Å²) in [4.78, 5) is 22.4. The van der Waals surface area contributed by atoms with Crippen LogP contribution in [0, 0.1) is 12.8 Å². The molecule has 0 aliphatic carbocycles. The highest BCUT2D eigenvalue weighted by Gasteiger charge is 2.23. The quantitative estimate of drug-likeness (QED) is 0.772. The average molecular weight is 256 g/mol. The Bertz CT molecular complexity index is 427. The van der Waals surface area contributed by atoms with Gasteiger partial charge in [-0.15, -0.1) is 0 Å². The minimum atomic E-state index is -1.07. The SMILES string of the molecule is Cc1cc(OCC(=O)N[C@@H](C(=O)O)C(C)C)no1. The summed E-state index contributed by atoms with van der Waals surface area (Å²) in [6.45, 7) is 4.81. The smallest absolute Gasteiger partial charge is 0.326 e. The maximum Gasteiger partial charge on any atom is 0.326 e. The summed E-state index contributed by atoms with van der Waals surface area (Å²) >= 11 is 0. The van der Waals surface area contributed by atoms with E-state index in [2.05, 4.69) is 10.5 Å². The number of nitrogens with one attached hydrogen (secondary N) is 1. The van der Waals surface area contributed by atoms with Gasteiger partial charge in [0.2, 0.25) is 0 Å². The fourth-order valence-electron chi connectivity index (χ4n) is 1.28. The molecule has 100 valence electrons. The van der Waals surface area contributed by atoms with Gasteiger partial charge in [0, 0.05) is 6.07 Å². The van der Waals surface area contributed by atoms with Gasteiger partial charge in [-0.1, -0.05) is 13.8 Å². The number of carboxylic acids is 1. The molecule has 0 aliphatic rings. The first-order valence-corrected chi connectivity index (χ1v) is 5.48. The minimum absolute atomic E-state index is 0.194. The van der Waals surface area contributed by atoms with E-state index in [9.17, 15) is 9.59 Å². The molecule has 0 aromatic carbocycles. The lowest BCUT2D eigenvalue weighted by atomic mass is 10.1. The number of aromatic nitrogens is 1. The normalized spacial score (nSPS) is 12.2. The third-order valence-corrected chi connectivity index (χ3v) is 2.21. The van der Waals surface area contributed by atoms with Crippen molar-refractivity contribution in [1.82, 2.24) is 10.5 Å². The van der Waals surface area contributed by atoms with Gasteiger partial charge in [0.1, 0.15) is 11.8 Å². The molecule has 0 bridgehead atoms. The first-order chi connectivity index (χ1) is 8.40. The van der Waals surface area contributed by atoms with Gasteiger partial charge in [0.25, 0.3) is 11.8 Å². The van der Waals surface area contributed by atoms with Gasteiger partial charge in [-0.2, -0.15) is 0 Å². The molecule has 0 aliphatic heterocycles. The van der Waals surface area contributed by atoms with Crippen molar-refractivity contribution in [2.24, 2.45) is 5.92 Å². The highest BCUT2D eigenvalue weighted by Crippen LogP contribution is 2.09. The van der Waals surface area contributed by atoms with Gasteiger partial charge in [-0.05, 0) is 18.0 Å². The number of ether oxygens (including phenoxy) is 1. The average Bonchev–Trinajstić information content (AvgIpc) is 2.68. The molecule has 1 aromatic heterocycles. The third-order valence-electron chi connectivity index (χ3n) is 2.21. The molecule has 18 heavy (non-hydrogen) atoms. The number of carbonyl (C=O) groups excluding carboxylic acids is 1. The predicted molar refractivity (Wildman–Crippen MR) is 61.1 cm³/mol. The summed E-state index contributed by atoms with van der Waals surface area (Å²) in [7, 11) is 0. The second-order valence-corrected chi connectivity index (χ2v) is 4.19. The van der Waals surface area contributed by atoms with Crippen LogP contribution in [-0.4, -0.2) is 34.8 Å². The topological polar surface area (TPSA) is 102 Å². The second-order valence-electron chi connectivity index (χ2n) is 4.19. The zero-order valence-corrected chi connectivity index (χ0v) is 10.5. The standard InChI is InChI=1S/C11H16N2O5/c1-6(2)10(11(15)16)12-8(14)5-17-9-4-7(3)18-13-9/h4,6,10H,5H2,1-3H3,(H,12,14)(H,15,16)/t10-/m1/s1. The Balaban J connectivity index is 2.43. The minimum Gasteiger partial charge on any atom is -0.480 e. The van der Waals surface area contributed by atoms with E-state index in [0.717, 1.165) is 0 Å². The van der Waals surface area contributed by atoms with Crippen LogP contribution in [0.2, 0.25) is 0 Å². The highest BCUT2D eigenvalue weighted by atomic mass is 16.5. The zero-order valence-electron chi connectivity index (χ0n) is 10.5. The number of rotatable bonds is 6. The molecular weight excluding hydrogens is 240 g/mol. The first kappa shape index (κ1) is 14.0. The van der Waals surface area contributed by atoms with Gasteiger partial charge in [0.15, 0.2) is 6.61 Å². The van der Waals surface area contributed by atoms with Crippen molar-refractivity contribution in [1.29, 1.82) is 0 Å². The number of hydrogen-bond donors (Lipinski definition) is 2. The summed E-state index contributed by atoms with van der Waals surface area (Å²) in [5, 5.41) is 14.8. The van der Waals surface area contributed by atoms with Gasteiger partial charge in [0.05, 0.1) is 0 Å². The van der Waals surface area contributed by atoms with E-state index in [-0.39, 0.29) is 18.4 Å². The number of carbonyl (C=O) groups is 2. The maximum absolute atomic E-state index is 11.5. The molecule has 7 nitrogen and oxygen atoms in total. The summed E-state index contributed by atoms with van der Waals surface area (Å²) in [6.07, 6.45) is 0. The summed E-state index contributed by atoms with van der Waals surface area (Å²) in [5.41, 5.74) is 0. The Morgan fingerprint density at radius 1 is 1.56 bits per heavy atom. The Morgan fingerprint density at radius 3 is 2.67 bits per heavy atom. The molecule has 1 amide bonds. The molecule has 0 radical (unpaired) electrons. The van der Waals surface area contributed by atoms with Gasteiger partial charge < -0.3 is 19.7 Å². The van der Waals surface area contributed by atoms with Crippen molar-refractivity contribution in [2.75, 3.05) is 6.61 Å². The lowest BCUT2D eigenvalue weighted by Crippen LogP contribution is -2.46. The van der Waals surface area contributed by atoms with Gasteiger partial charge in [-0.3, -0.25) is 4.79 Å². The lowest BCUT2D eigenvalue weighted by Gasteiger charge is -2.17. The van der Waals surface area contributed by atoms with Crippen LogP contribution in [0.15, 0.2) is 10.6 Å². The molecule has 0 fully saturated rings. The van der Waals surface area contributed by atoms with Crippen LogP contribution < -0.4 is 10.1 Å². The van der Waals surface area contributed by atoms with Crippen molar-refractivity contribution in [3.8, 4) is 5.88 Å². The third kappa shape index (κ3) is 4.08. The van der Waals surface area contributed by atoms with E-state index in [0.29, 0.717) is 5.76 Å². The number of carboxylic acid groups (broad SMARTS) is 1. The predicted octanol–water partition coefficient (Wildman–Crippen LogP) is 0.587. The first-order valence-electron chi connectivity index (χ1n) is 5.48. The fourth-order valence-corrected chi connectivity index (χ4v) is 1.28. The van der Waals surface area contributed by atoms with Crippen LogP contribution in [0.4, 0.5) is 0 Å². The molecule has 1 aromatic rings. The number of nitrogens with zero attached hydrogens (tertiary/aromatic N) is 1. The van der Waals surface area contributed by atoms with Crippen LogP contribution in [0.1, 0.15) is 19.6 Å². The number of hydrogen-bond acceptors (Lipinski definition) is 5. The summed E-state index contributed by atoms with van der Waals surface area (Å²) in [6, 6.07) is 0.602. The van der Waals surface area contributed by atoms with E-state index in [1.54, 1.807) is 20.8 Å². The molecule has 0 spiro atoms. The lowest BCUT2D eigenvalue weighted by molar-refractivity contribution is -0.143. The Kier molecular flexibility index (Phi) is 4.70. The fraction of sp³-hybridized carbons (Fsp3) is 0.545. The Labute approximate surface area is 104 Å². The van der Waals surface area contributed by atoms with Crippen molar-refractivity contribution in [3.05, 3.63) is 11.8 Å². The van der Waals surface area contributed by atoms with Crippen molar-refractivity contribution >= 4 is 11.9 Å². The van der Waals surface area contributed by atoms with Gasteiger partial charge >= 0.3 is 5.97 Å². The van der Waals surface area contributed by atoms with E-state index < -0.39 is 17.9 Å². The Morgan fingerprint density at radius 2 is 2.22 bits per heavy atom. The number of aliphatic carboxylic acids is 1. The summed E-state index contributed by atoms with van der Waals surface area (Å²) in [5.74, 6) is -1.04. The van der Waals surface area contributed by atoms with Crippen LogP contribution in [0.25, 0.3) is 0 Å². The van der Waals surface area contributed by atoms with Gasteiger partial charge in [-0.25, -0.2) is 4.79 Å². The highest BCUT2D eigenvalue weighted by molar-refractivity contribution is 5.84. The summed E-state index contributed by atoms with van der Waals surface area (Å²) < 4.78 is 9.79. The Hall–Kier alpha value is -2.05.